The minimum absolute atomic E-state index is 0.144. The summed E-state index contributed by atoms with van der Waals surface area (Å²) in [5, 5.41) is 4.43. The maximum atomic E-state index is 6.03. The zero-order valence-electron chi connectivity index (χ0n) is 19.7. The van der Waals surface area contributed by atoms with Crippen LogP contribution in [-0.4, -0.2) is 68.6 Å². The summed E-state index contributed by atoms with van der Waals surface area (Å²) in [5.74, 6) is 0.975. The van der Waals surface area contributed by atoms with E-state index in [2.05, 4.69) is 64.0 Å². The summed E-state index contributed by atoms with van der Waals surface area (Å²) in [6.45, 7) is 10.9. The largest absolute Gasteiger partial charge is 0.489 e. The molecule has 176 valence electrons. The van der Waals surface area contributed by atoms with Crippen molar-refractivity contribution in [1.29, 1.82) is 0 Å². The molecular weight excluding hydrogens is 414 g/mol. The lowest BCUT2D eigenvalue weighted by Crippen LogP contribution is -2.48. The minimum Gasteiger partial charge on any atom is -0.489 e. The number of hydrogen-bond donors (Lipinski definition) is 1. The van der Waals surface area contributed by atoms with Gasteiger partial charge in [-0.25, -0.2) is 0 Å². The molecule has 0 aromatic heterocycles. The summed E-state index contributed by atoms with van der Waals surface area (Å²) in [7, 11) is 0. The number of oxime groups is 1. The van der Waals surface area contributed by atoms with Crippen LogP contribution in [0.4, 0.5) is 17.1 Å². The second-order valence-corrected chi connectivity index (χ2v) is 9.57. The van der Waals surface area contributed by atoms with E-state index >= 15 is 0 Å². The molecule has 0 aliphatic carbocycles. The molecule has 0 saturated carbocycles. The van der Waals surface area contributed by atoms with Gasteiger partial charge in [-0.3, -0.25) is 4.90 Å². The Bertz CT molecular complexity index is 1000. The number of nitrogens with two attached hydrogens (primary N) is 1. The first-order chi connectivity index (χ1) is 16.0. The molecule has 2 aromatic rings. The van der Waals surface area contributed by atoms with Crippen LogP contribution in [0.1, 0.15) is 25.8 Å². The van der Waals surface area contributed by atoms with Gasteiger partial charge in [0.2, 0.25) is 0 Å². The fourth-order valence-electron chi connectivity index (χ4n) is 5.06. The molecule has 7 heteroatoms. The Kier molecular flexibility index (Phi) is 6.31. The van der Waals surface area contributed by atoms with E-state index in [4.69, 9.17) is 15.3 Å². The number of para-hydroxylation sites is 2. The lowest BCUT2D eigenvalue weighted by atomic mass is 10.1. The maximum absolute atomic E-state index is 6.03. The SMILES string of the molecule is CC(C)Oc1ccccc1N1CCN(CC2CC(CN3CCc4ccc(N)cc43)=NO2)CC1. The summed E-state index contributed by atoms with van der Waals surface area (Å²) in [6.07, 6.45) is 2.29. The average molecular weight is 450 g/mol. The van der Waals surface area contributed by atoms with Gasteiger partial charge in [0, 0.05) is 57.1 Å². The maximum Gasteiger partial charge on any atom is 0.145 e. The van der Waals surface area contributed by atoms with Crippen LogP contribution in [0.5, 0.6) is 5.75 Å². The van der Waals surface area contributed by atoms with Crippen LogP contribution < -0.4 is 20.3 Å². The molecule has 1 unspecified atom stereocenters. The van der Waals surface area contributed by atoms with Crippen molar-refractivity contribution in [2.24, 2.45) is 5.16 Å². The topological polar surface area (TPSA) is 66.6 Å². The van der Waals surface area contributed by atoms with Crippen molar-refractivity contribution >= 4 is 22.8 Å². The molecule has 3 aliphatic heterocycles. The fraction of sp³-hybridized carbons (Fsp3) is 0.500. The standard InChI is InChI=1S/C26H35N5O2/c1-19(2)32-26-6-4-3-5-24(26)30-13-11-29(12-14-30)18-23-16-22(28-33-23)17-31-10-9-20-7-8-21(27)15-25(20)31/h3-8,15,19,23H,9-14,16-18,27H2,1-2H3. The zero-order valence-corrected chi connectivity index (χ0v) is 19.7. The third kappa shape index (κ3) is 5.03. The van der Waals surface area contributed by atoms with E-state index in [9.17, 15) is 0 Å². The van der Waals surface area contributed by atoms with Crippen molar-refractivity contribution in [3.8, 4) is 5.75 Å². The van der Waals surface area contributed by atoms with Gasteiger partial charge in [-0.1, -0.05) is 23.4 Å². The lowest BCUT2D eigenvalue weighted by Gasteiger charge is -2.37. The van der Waals surface area contributed by atoms with Gasteiger partial charge in [-0.15, -0.1) is 0 Å². The lowest BCUT2D eigenvalue weighted by molar-refractivity contribution is 0.0510. The summed E-state index contributed by atoms with van der Waals surface area (Å²) in [4.78, 5) is 13.1. The van der Waals surface area contributed by atoms with Gasteiger partial charge in [0.25, 0.3) is 0 Å². The molecule has 3 aliphatic rings. The Labute approximate surface area is 196 Å². The number of nitrogen functional groups attached to an aromatic ring is 1. The molecule has 0 radical (unpaired) electrons. The van der Waals surface area contributed by atoms with Crippen LogP contribution in [0.25, 0.3) is 0 Å². The van der Waals surface area contributed by atoms with Crippen LogP contribution in [0.3, 0.4) is 0 Å². The van der Waals surface area contributed by atoms with Crippen LogP contribution in [0, 0.1) is 0 Å². The summed E-state index contributed by atoms with van der Waals surface area (Å²) < 4.78 is 6.03. The highest BCUT2D eigenvalue weighted by molar-refractivity contribution is 5.90. The first-order valence-electron chi connectivity index (χ1n) is 12.1. The normalized spacial score (nSPS) is 20.7. The average Bonchev–Trinajstić information content (AvgIpc) is 3.41. The molecule has 7 nitrogen and oxygen atoms in total. The van der Waals surface area contributed by atoms with Crippen LogP contribution in [-0.2, 0) is 11.3 Å². The van der Waals surface area contributed by atoms with Gasteiger partial charge in [0.15, 0.2) is 0 Å². The Morgan fingerprint density at radius 3 is 2.70 bits per heavy atom. The minimum atomic E-state index is 0.144. The summed E-state index contributed by atoms with van der Waals surface area (Å²) in [5.41, 5.74) is 11.8. The van der Waals surface area contributed by atoms with Crippen molar-refractivity contribution in [2.75, 3.05) is 61.3 Å². The number of fused-ring (bicyclic) bond motifs is 1. The van der Waals surface area contributed by atoms with E-state index < -0.39 is 0 Å². The predicted molar refractivity (Wildman–Crippen MR) is 135 cm³/mol. The summed E-state index contributed by atoms with van der Waals surface area (Å²) >= 11 is 0. The van der Waals surface area contributed by atoms with Crippen LogP contribution >= 0.6 is 0 Å². The second kappa shape index (κ2) is 9.51. The quantitative estimate of drug-likeness (QED) is 0.654. The molecule has 33 heavy (non-hydrogen) atoms. The molecule has 1 saturated heterocycles. The molecule has 0 spiro atoms. The monoisotopic (exact) mass is 449 g/mol. The number of hydrogen-bond acceptors (Lipinski definition) is 7. The van der Waals surface area contributed by atoms with Gasteiger partial charge < -0.3 is 25.1 Å². The van der Waals surface area contributed by atoms with Gasteiger partial charge in [-0.2, -0.15) is 0 Å². The third-order valence-corrected chi connectivity index (χ3v) is 6.67. The van der Waals surface area contributed by atoms with E-state index in [0.29, 0.717) is 0 Å². The Hall–Kier alpha value is -2.93. The molecule has 2 aromatic carbocycles. The van der Waals surface area contributed by atoms with Crippen molar-refractivity contribution in [3.63, 3.8) is 0 Å². The van der Waals surface area contributed by atoms with Crippen molar-refractivity contribution in [3.05, 3.63) is 48.0 Å². The highest BCUT2D eigenvalue weighted by atomic mass is 16.6. The Morgan fingerprint density at radius 2 is 1.88 bits per heavy atom. The molecule has 1 fully saturated rings. The number of ether oxygens (including phenoxy) is 1. The predicted octanol–water partition coefficient (Wildman–Crippen LogP) is 3.39. The Balaban J connectivity index is 1.10. The van der Waals surface area contributed by atoms with Gasteiger partial charge in [0.05, 0.1) is 24.0 Å². The Morgan fingerprint density at radius 1 is 1.06 bits per heavy atom. The van der Waals surface area contributed by atoms with Gasteiger partial charge >= 0.3 is 0 Å². The number of benzene rings is 2. The second-order valence-electron chi connectivity index (χ2n) is 9.57. The molecule has 0 bridgehead atoms. The molecule has 3 heterocycles. The van der Waals surface area contributed by atoms with E-state index in [0.717, 1.165) is 75.8 Å². The van der Waals surface area contributed by atoms with Crippen LogP contribution in [0.2, 0.25) is 0 Å². The third-order valence-electron chi connectivity index (χ3n) is 6.67. The highest BCUT2D eigenvalue weighted by Crippen LogP contribution is 2.31. The van der Waals surface area contributed by atoms with Gasteiger partial charge in [-0.05, 0) is 50.1 Å². The molecule has 0 amide bonds. The zero-order chi connectivity index (χ0) is 22.8. The van der Waals surface area contributed by atoms with Crippen molar-refractivity contribution in [2.45, 2.75) is 38.9 Å². The molecular formula is C26H35N5O2. The van der Waals surface area contributed by atoms with Gasteiger partial charge in [0.1, 0.15) is 11.9 Å². The van der Waals surface area contributed by atoms with E-state index in [1.54, 1.807) is 0 Å². The molecule has 2 N–H and O–H groups in total. The fourth-order valence-corrected chi connectivity index (χ4v) is 5.06. The molecule has 5 rings (SSSR count). The number of rotatable bonds is 7. The van der Waals surface area contributed by atoms with Crippen molar-refractivity contribution in [1.82, 2.24) is 4.90 Å². The van der Waals surface area contributed by atoms with E-state index in [1.807, 2.05) is 12.1 Å². The number of anilines is 3. The smallest absolute Gasteiger partial charge is 0.145 e. The van der Waals surface area contributed by atoms with Crippen LogP contribution in [0.15, 0.2) is 47.6 Å². The molecule has 1 atom stereocenters. The van der Waals surface area contributed by atoms with Crippen molar-refractivity contribution < 1.29 is 9.57 Å². The number of piperazine rings is 1. The summed E-state index contributed by atoms with van der Waals surface area (Å²) in [6, 6.07) is 14.6. The number of nitrogens with zero attached hydrogens (tertiary/aromatic N) is 4. The van der Waals surface area contributed by atoms with E-state index in [-0.39, 0.29) is 12.2 Å². The first kappa shape index (κ1) is 21.9. The van der Waals surface area contributed by atoms with E-state index in [1.165, 1.54) is 16.9 Å². The first-order valence-corrected chi connectivity index (χ1v) is 12.1. The highest BCUT2D eigenvalue weighted by Gasteiger charge is 2.29.